The Morgan fingerprint density at radius 1 is 1.00 bits per heavy atom. The van der Waals surface area contributed by atoms with Crippen LogP contribution in [0.3, 0.4) is 0 Å². The standard InChI is InChI=1S/C22H22.C3H7NO/c1-2-8-17-16(7-1)11-12-18(17)20-15-22(13-5-6-14-22)21-10-4-3-9-19(20)21;1-3(5)4-2/h1-4,7-12,18,20H,5-6,13-15H2;1-2H3,(H,4,5). The van der Waals surface area contributed by atoms with E-state index < -0.39 is 0 Å². The third-order valence-electron chi connectivity index (χ3n) is 6.73. The summed E-state index contributed by atoms with van der Waals surface area (Å²) < 4.78 is 0. The van der Waals surface area contributed by atoms with Gasteiger partial charge in [0.05, 0.1) is 0 Å². The lowest BCUT2D eigenvalue weighted by atomic mass is 9.77. The van der Waals surface area contributed by atoms with Gasteiger partial charge in [-0.2, -0.15) is 0 Å². The molecule has 2 atom stereocenters. The van der Waals surface area contributed by atoms with Gasteiger partial charge < -0.3 is 5.32 Å². The van der Waals surface area contributed by atoms with Gasteiger partial charge in [-0.15, -0.1) is 0 Å². The van der Waals surface area contributed by atoms with E-state index in [9.17, 15) is 4.79 Å². The number of allylic oxidation sites excluding steroid dienone is 1. The van der Waals surface area contributed by atoms with Crippen LogP contribution in [0.1, 0.15) is 73.1 Å². The first-order valence-corrected chi connectivity index (χ1v) is 10.2. The molecular formula is C25H29NO. The van der Waals surface area contributed by atoms with Gasteiger partial charge in [0, 0.05) is 19.9 Å². The van der Waals surface area contributed by atoms with Crippen molar-refractivity contribution in [2.45, 2.75) is 56.3 Å². The van der Waals surface area contributed by atoms with Crippen LogP contribution >= 0.6 is 0 Å². The maximum absolute atomic E-state index is 9.70. The molecule has 3 aliphatic carbocycles. The van der Waals surface area contributed by atoms with Crippen molar-refractivity contribution in [3.8, 4) is 0 Å². The Hall–Kier alpha value is -2.35. The maximum atomic E-state index is 9.70. The minimum atomic E-state index is 0.00463. The number of benzene rings is 2. The van der Waals surface area contributed by atoms with Gasteiger partial charge in [0.15, 0.2) is 0 Å². The quantitative estimate of drug-likeness (QED) is 0.711. The largest absolute Gasteiger partial charge is 0.359 e. The highest BCUT2D eigenvalue weighted by atomic mass is 16.1. The van der Waals surface area contributed by atoms with E-state index in [1.54, 1.807) is 18.2 Å². The van der Waals surface area contributed by atoms with Gasteiger partial charge in [-0.1, -0.05) is 73.5 Å². The molecule has 0 bridgehead atoms. The predicted octanol–water partition coefficient (Wildman–Crippen LogP) is 5.55. The maximum Gasteiger partial charge on any atom is 0.216 e. The average molecular weight is 360 g/mol. The van der Waals surface area contributed by atoms with E-state index in [4.69, 9.17) is 0 Å². The number of carbonyl (C=O) groups is 1. The molecular weight excluding hydrogens is 330 g/mol. The number of rotatable bonds is 1. The summed E-state index contributed by atoms with van der Waals surface area (Å²) in [5.74, 6) is 1.26. The lowest BCUT2D eigenvalue weighted by Gasteiger charge is -2.26. The first-order valence-electron chi connectivity index (χ1n) is 10.2. The lowest BCUT2D eigenvalue weighted by molar-refractivity contribution is -0.118. The second-order valence-corrected chi connectivity index (χ2v) is 8.21. The summed E-state index contributed by atoms with van der Waals surface area (Å²) in [5.41, 5.74) is 6.77. The van der Waals surface area contributed by atoms with Crippen LogP contribution in [-0.4, -0.2) is 13.0 Å². The van der Waals surface area contributed by atoms with E-state index in [-0.39, 0.29) is 5.91 Å². The Bertz CT molecular complexity index is 860. The monoisotopic (exact) mass is 359 g/mol. The number of amides is 1. The lowest BCUT2D eigenvalue weighted by Crippen LogP contribution is -2.18. The van der Waals surface area contributed by atoms with Crippen molar-refractivity contribution in [2.75, 3.05) is 7.05 Å². The molecule has 1 amide bonds. The smallest absolute Gasteiger partial charge is 0.216 e. The highest BCUT2D eigenvalue weighted by Crippen LogP contribution is 2.59. The van der Waals surface area contributed by atoms with E-state index >= 15 is 0 Å². The Morgan fingerprint density at radius 2 is 1.63 bits per heavy atom. The van der Waals surface area contributed by atoms with E-state index in [1.807, 2.05) is 0 Å². The Kier molecular flexibility index (Phi) is 4.90. The van der Waals surface area contributed by atoms with Crippen molar-refractivity contribution in [3.05, 3.63) is 76.9 Å². The van der Waals surface area contributed by atoms with Gasteiger partial charge >= 0.3 is 0 Å². The van der Waals surface area contributed by atoms with E-state index in [2.05, 4.69) is 66.0 Å². The Labute approximate surface area is 162 Å². The number of hydrogen-bond donors (Lipinski definition) is 1. The molecule has 5 rings (SSSR count). The van der Waals surface area contributed by atoms with E-state index in [1.165, 1.54) is 50.2 Å². The topological polar surface area (TPSA) is 29.1 Å². The average Bonchev–Trinajstić information content (AvgIpc) is 3.41. The van der Waals surface area contributed by atoms with Crippen LogP contribution in [-0.2, 0) is 10.2 Å². The molecule has 2 aromatic rings. The molecule has 1 N–H and O–H groups in total. The number of fused-ring (bicyclic) bond motifs is 3. The second-order valence-electron chi connectivity index (χ2n) is 8.21. The van der Waals surface area contributed by atoms with Crippen LogP contribution in [0.15, 0.2) is 54.6 Å². The molecule has 140 valence electrons. The highest BCUT2D eigenvalue weighted by Gasteiger charge is 2.47. The first kappa shape index (κ1) is 18.0. The molecule has 1 fully saturated rings. The van der Waals surface area contributed by atoms with Crippen LogP contribution in [0.5, 0.6) is 0 Å². The summed E-state index contributed by atoms with van der Waals surface area (Å²) in [6, 6.07) is 18.3. The summed E-state index contributed by atoms with van der Waals surface area (Å²) in [6.07, 6.45) is 11.8. The fraction of sp³-hybridized carbons (Fsp3) is 0.400. The molecule has 3 aliphatic rings. The van der Waals surface area contributed by atoms with Crippen LogP contribution in [0.2, 0.25) is 0 Å². The van der Waals surface area contributed by atoms with Gasteiger partial charge in [0.2, 0.25) is 5.91 Å². The third kappa shape index (κ3) is 3.22. The van der Waals surface area contributed by atoms with Gasteiger partial charge in [-0.3, -0.25) is 4.79 Å². The summed E-state index contributed by atoms with van der Waals surface area (Å²) in [7, 11) is 1.60. The normalized spacial score (nSPS) is 23.5. The predicted molar refractivity (Wildman–Crippen MR) is 112 cm³/mol. The number of carbonyl (C=O) groups excluding carboxylic acids is 1. The zero-order chi connectivity index (χ0) is 18.9. The molecule has 0 aliphatic heterocycles. The van der Waals surface area contributed by atoms with Crippen LogP contribution in [0, 0.1) is 0 Å². The van der Waals surface area contributed by atoms with Crippen molar-refractivity contribution in [2.24, 2.45) is 0 Å². The van der Waals surface area contributed by atoms with Gasteiger partial charge in [-0.25, -0.2) is 0 Å². The summed E-state index contributed by atoms with van der Waals surface area (Å²) in [4.78, 5) is 9.70. The van der Waals surface area contributed by atoms with E-state index in [0.717, 1.165) is 0 Å². The highest BCUT2D eigenvalue weighted by molar-refractivity contribution is 5.72. The van der Waals surface area contributed by atoms with Crippen molar-refractivity contribution in [3.63, 3.8) is 0 Å². The van der Waals surface area contributed by atoms with E-state index in [0.29, 0.717) is 17.3 Å². The number of nitrogens with one attached hydrogen (secondary N) is 1. The van der Waals surface area contributed by atoms with Gasteiger partial charge in [-0.05, 0) is 52.8 Å². The fourth-order valence-electron chi connectivity index (χ4n) is 5.42. The zero-order valence-electron chi connectivity index (χ0n) is 16.4. The summed E-state index contributed by atoms with van der Waals surface area (Å²) in [6.45, 7) is 1.47. The molecule has 0 aromatic heterocycles. The molecule has 2 nitrogen and oxygen atoms in total. The van der Waals surface area contributed by atoms with Crippen LogP contribution < -0.4 is 5.32 Å². The molecule has 1 saturated carbocycles. The number of hydrogen-bond acceptors (Lipinski definition) is 1. The van der Waals surface area contributed by atoms with Crippen LogP contribution in [0.4, 0.5) is 0 Å². The van der Waals surface area contributed by atoms with Crippen molar-refractivity contribution in [1.29, 1.82) is 0 Å². The van der Waals surface area contributed by atoms with Gasteiger partial charge in [0.25, 0.3) is 0 Å². The molecule has 0 saturated heterocycles. The molecule has 0 heterocycles. The molecule has 2 aromatic carbocycles. The van der Waals surface area contributed by atoms with Crippen molar-refractivity contribution < 1.29 is 4.79 Å². The molecule has 2 unspecified atom stereocenters. The molecule has 0 radical (unpaired) electrons. The zero-order valence-corrected chi connectivity index (χ0v) is 16.4. The second kappa shape index (κ2) is 7.34. The molecule has 2 heteroatoms. The first-order chi connectivity index (χ1) is 13.1. The Balaban J connectivity index is 0.000000323. The summed E-state index contributed by atoms with van der Waals surface area (Å²) >= 11 is 0. The van der Waals surface area contributed by atoms with Crippen molar-refractivity contribution in [1.82, 2.24) is 5.32 Å². The SMILES string of the molecule is C1=CC(C2CC3(CCCC3)c3ccccc32)c2ccccc21.CNC(C)=O. The van der Waals surface area contributed by atoms with Crippen molar-refractivity contribution >= 4 is 12.0 Å². The third-order valence-corrected chi connectivity index (χ3v) is 6.73. The molecule has 27 heavy (non-hydrogen) atoms. The summed E-state index contributed by atoms with van der Waals surface area (Å²) in [5, 5.41) is 2.39. The van der Waals surface area contributed by atoms with Gasteiger partial charge in [0.1, 0.15) is 0 Å². The van der Waals surface area contributed by atoms with Crippen LogP contribution in [0.25, 0.3) is 6.08 Å². The fourth-order valence-corrected chi connectivity index (χ4v) is 5.42. The Morgan fingerprint density at radius 3 is 2.33 bits per heavy atom. The molecule has 1 spiro atoms. The minimum absolute atomic E-state index is 0.00463. The minimum Gasteiger partial charge on any atom is -0.359 e.